The highest BCUT2D eigenvalue weighted by Crippen LogP contribution is 2.47. The predicted molar refractivity (Wildman–Crippen MR) is 240 cm³/mol. The van der Waals surface area contributed by atoms with Crippen molar-refractivity contribution in [2.45, 2.75) is 175 Å². The summed E-state index contributed by atoms with van der Waals surface area (Å²) >= 11 is 1.68. The van der Waals surface area contributed by atoms with Crippen LogP contribution in [0.2, 0.25) is 0 Å². The van der Waals surface area contributed by atoms with Gasteiger partial charge in [-0.1, -0.05) is 164 Å². The average Bonchev–Trinajstić information content (AvgIpc) is 3.43. The van der Waals surface area contributed by atoms with E-state index in [1.165, 1.54) is 55.2 Å². The van der Waals surface area contributed by atoms with Gasteiger partial charge in [-0.15, -0.1) is 0 Å². The van der Waals surface area contributed by atoms with E-state index in [0.29, 0.717) is 11.7 Å². The Morgan fingerprint density at radius 3 is 1.88 bits per heavy atom. The number of rotatable bonds is 11. The van der Waals surface area contributed by atoms with Crippen molar-refractivity contribution in [1.82, 2.24) is 15.0 Å². The molecule has 1 aromatic heterocycles. The van der Waals surface area contributed by atoms with E-state index in [1.54, 1.807) is 18.1 Å². The molecular formula is C49H70N4O3S. The van der Waals surface area contributed by atoms with Gasteiger partial charge in [0.1, 0.15) is 23.7 Å². The minimum atomic E-state index is -0.340. The smallest absolute Gasteiger partial charge is 0.323 e. The molecule has 0 fully saturated rings. The lowest BCUT2D eigenvalue weighted by Crippen LogP contribution is -2.17. The number of benzene rings is 3. The zero-order valence-corrected chi connectivity index (χ0v) is 38.5. The van der Waals surface area contributed by atoms with Crippen molar-refractivity contribution >= 4 is 29.4 Å². The maximum atomic E-state index is 12.8. The van der Waals surface area contributed by atoms with Crippen LogP contribution in [0.1, 0.15) is 179 Å². The number of phenolic OH excluding ortho intramolecular Hbond substituents is 1. The van der Waals surface area contributed by atoms with Crippen molar-refractivity contribution in [2.75, 3.05) is 11.1 Å². The van der Waals surface area contributed by atoms with Crippen molar-refractivity contribution in [3.8, 4) is 11.5 Å². The number of esters is 1. The van der Waals surface area contributed by atoms with E-state index in [1.807, 2.05) is 12.1 Å². The highest BCUT2D eigenvalue weighted by atomic mass is 32.2. The number of anilines is 2. The average molecular weight is 795 g/mol. The Hall–Kier alpha value is -3.91. The second kappa shape index (κ2) is 18.3. The molecule has 0 aliphatic carbocycles. The lowest BCUT2D eigenvalue weighted by atomic mass is 9.77. The summed E-state index contributed by atoms with van der Waals surface area (Å²) in [5, 5.41) is 15.0. The van der Waals surface area contributed by atoms with Crippen LogP contribution in [-0.4, -0.2) is 31.8 Å². The Morgan fingerprint density at radius 1 is 0.719 bits per heavy atom. The Balaban J connectivity index is 0.000000256. The van der Waals surface area contributed by atoms with Crippen LogP contribution in [0.25, 0.3) is 0 Å². The quantitative estimate of drug-likeness (QED) is 0.0509. The molecule has 1 atom stereocenters. The van der Waals surface area contributed by atoms with Gasteiger partial charge in [-0.3, -0.25) is 4.79 Å². The highest BCUT2D eigenvalue weighted by molar-refractivity contribution is 7.99. The summed E-state index contributed by atoms with van der Waals surface area (Å²) in [4.78, 5) is 26.1. The number of phenols is 1. The number of hydrogen-bond donors (Lipinski definition) is 2. The summed E-state index contributed by atoms with van der Waals surface area (Å²) in [6, 6.07) is 14.7. The third kappa shape index (κ3) is 12.1. The molecule has 4 aromatic rings. The van der Waals surface area contributed by atoms with Gasteiger partial charge in [0.05, 0.1) is 0 Å². The molecule has 7 nitrogen and oxygen atoms in total. The number of unbranched alkanes of at least 4 members (excludes halogenated alkanes) is 5. The third-order valence-electron chi connectivity index (χ3n) is 10.7. The number of aromatic hydroxyl groups is 1. The lowest BCUT2D eigenvalue weighted by Gasteiger charge is -2.28. The summed E-state index contributed by atoms with van der Waals surface area (Å²) in [6.45, 7) is 32.2. The minimum Gasteiger partial charge on any atom is -0.507 e. The third-order valence-corrected chi connectivity index (χ3v) is 11.6. The molecule has 1 unspecified atom stereocenters. The fourth-order valence-corrected chi connectivity index (χ4v) is 7.76. The number of aryl methyl sites for hydroxylation is 2. The number of carbonyl (C=O) groups excluding carboxylic acids is 1. The zero-order valence-electron chi connectivity index (χ0n) is 37.7. The van der Waals surface area contributed by atoms with Gasteiger partial charge in [-0.25, -0.2) is 9.97 Å². The molecular weight excluding hydrogens is 725 g/mol. The standard InChI is InChI=1S/C25H40N4OS.C24H30O2/c1-8-9-10-11-12-13-14-31-23-27-17-26-22(29-23)28-18-15-19(24(2,3)4)21(30)20(16-18)25(5,6)7;1-14-9-10-16(11-15(14)2)20-18-12-17(23(3,4)5)13-19(24(6,7)8)21(18)26-22(20)25/h15-17,30H,8-14H2,1-7H3,(H,26,27,28,29);9-13,20H,1-8H3. The van der Waals surface area contributed by atoms with E-state index >= 15 is 0 Å². The van der Waals surface area contributed by atoms with Gasteiger partial charge in [0.2, 0.25) is 5.95 Å². The van der Waals surface area contributed by atoms with Gasteiger partial charge < -0.3 is 15.2 Å². The van der Waals surface area contributed by atoms with Crippen LogP contribution in [-0.2, 0) is 26.5 Å². The number of nitrogens with one attached hydrogen (secondary N) is 1. The molecule has 0 saturated heterocycles. The Morgan fingerprint density at radius 2 is 1.32 bits per heavy atom. The fourth-order valence-electron chi connectivity index (χ4n) is 6.95. The number of hydrogen-bond acceptors (Lipinski definition) is 8. The fraction of sp³-hybridized carbons (Fsp3) is 0.551. The van der Waals surface area contributed by atoms with Gasteiger partial charge >= 0.3 is 5.97 Å². The summed E-state index contributed by atoms with van der Waals surface area (Å²) in [6.07, 6.45) is 9.28. The minimum absolute atomic E-state index is 0.00834. The van der Waals surface area contributed by atoms with Crippen LogP contribution in [0, 0.1) is 13.8 Å². The Labute approximate surface area is 348 Å². The molecule has 0 amide bonds. The van der Waals surface area contributed by atoms with Crippen LogP contribution >= 0.6 is 11.8 Å². The van der Waals surface area contributed by atoms with Crippen molar-refractivity contribution in [1.29, 1.82) is 0 Å². The molecule has 0 radical (unpaired) electrons. The van der Waals surface area contributed by atoms with Crippen molar-refractivity contribution in [3.05, 3.63) is 93.3 Å². The van der Waals surface area contributed by atoms with Crippen molar-refractivity contribution < 1.29 is 14.6 Å². The largest absolute Gasteiger partial charge is 0.507 e. The number of aromatic nitrogens is 3. The number of nitrogens with zero attached hydrogens (tertiary/aromatic N) is 3. The molecule has 310 valence electrons. The zero-order chi connectivity index (χ0) is 42.5. The Bertz CT molecular complexity index is 1980. The normalized spacial score (nSPS) is 14.5. The molecule has 1 aliphatic heterocycles. The molecule has 57 heavy (non-hydrogen) atoms. The number of fused-ring (bicyclic) bond motifs is 1. The lowest BCUT2D eigenvalue weighted by molar-refractivity contribution is -0.133. The second-order valence-electron chi connectivity index (χ2n) is 19.9. The first-order valence-electron chi connectivity index (χ1n) is 20.9. The molecule has 1 aliphatic rings. The second-order valence-corrected chi connectivity index (χ2v) is 21.0. The van der Waals surface area contributed by atoms with Gasteiger partial charge in [-0.05, 0) is 76.3 Å². The number of thioether (sulfide) groups is 1. The first-order chi connectivity index (χ1) is 26.4. The molecule has 0 spiro atoms. The van der Waals surface area contributed by atoms with E-state index in [2.05, 4.69) is 154 Å². The monoisotopic (exact) mass is 795 g/mol. The summed E-state index contributed by atoms with van der Waals surface area (Å²) < 4.78 is 5.83. The molecule has 3 aromatic carbocycles. The summed E-state index contributed by atoms with van der Waals surface area (Å²) in [7, 11) is 0. The van der Waals surface area contributed by atoms with Crippen LogP contribution in [0.5, 0.6) is 11.5 Å². The van der Waals surface area contributed by atoms with Crippen LogP contribution in [0.4, 0.5) is 11.6 Å². The Kier molecular flexibility index (Phi) is 14.7. The maximum absolute atomic E-state index is 12.8. The first kappa shape index (κ1) is 45.8. The molecule has 8 heteroatoms. The SMILES string of the molecule is CCCCCCCCSc1ncnc(Nc2cc(C(C)(C)C)c(O)c(C(C)(C)C)c2)n1.Cc1ccc(C2C(=O)Oc3c2cc(C(C)(C)C)cc3C(C)(C)C)cc1C. The van der Waals surface area contributed by atoms with Gasteiger partial charge in [-0.2, -0.15) is 4.98 Å². The summed E-state index contributed by atoms with van der Waals surface area (Å²) in [5.41, 5.74) is 9.07. The predicted octanol–water partition coefficient (Wildman–Crippen LogP) is 13.3. The molecule has 5 rings (SSSR count). The number of carbonyl (C=O) groups is 1. The van der Waals surface area contributed by atoms with E-state index < -0.39 is 0 Å². The van der Waals surface area contributed by atoms with E-state index in [-0.39, 0.29) is 33.5 Å². The first-order valence-corrected chi connectivity index (χ1v) is 21.8. The molecule has 2 N–H and O–H groups in total. The summed E-state index contributed by atoms with van der Waals surface area (Å²) in [5.74, 6) is 2.19. The van der Waals surface area contributed by atoms with Gasteiger partial charge in [0.15, 0.2) is 5.16 Å². The van der Waals surface area contributed by atoms with Crippen LogP contribution < -0.4 is 10.1 Å². The van der Waals surface area contributed by atoms with Crippen molar-refractivity contribution in [2.24, 2.45) is 0 Å². The van der Waals surface area contributed by atoms with Crippen LogP contribution in [0.3, 0.4) is 0 Å². The highest BCUT2D eigenvalue weighted by Gasteiger charge is 2.39. The van der Waals surface area contributed by atoms with Gasteiger partial charge in [0.25, 0.3) is 0 Å². The van der Waals surface area contributed by atoms with E-state index in [9.17, 15) is 9.90 Å². The topological polar surface area (TPSA) is 97.2 Å². The van der Waals surface area contributed by atoms with Crippen LogP contribution in [0.15, 0.2) is 53.9 Å². The van der Waals surface area contributed by atoms with Crippen molar-refractivity contribution in [3.63, 3.8) is 0 Å². The van der Waals surface area contributed by atoms with Gasteiger partial charge in [0, 0.05) is 33.7 Å². The van der Waals surface area contributed by atoms with E-state index in [4.69, 9.17) is 4.74 Å². The molecule has 0 bridgehead atoms. The number of ether oxygens (including phenoxy) is 1. The maximum Gasteiger partial charge on any atom is 0.323 e. The van der Waals surface area contributed by atoms with E-state index in [0.717, 1.165) is 50.2 Å². The molecule has 0 saturated carbocycles. The molecule has 2 heterocycles.